The number of rotatable bonds is 6. The molecular weight excluding hydrogens is 282 g/mol. The predicted molar refractivity (Wildman–Crippen MR) is 74.9 cm³/mol. The molecule has 1 aromatic rings. The molecule has 1 aromatic heterocycles. The Hall–Kier alpha value is -1.64. The highest BCUT2D eigenvalue weighted by molar-refractivity contribution is 7.91. The molecule has 0 bridgehead atoms. The van der Waals surface area contributed by atoms with Crippen LogP contribution in [-0.2, 0) is 16.9 Å². The van der Waals surface area contributed by atoms with Crippen LogP contribution in [0.3, 0.4) is 0 Å². The second-order valence-electron chi connectivity index (χ2n) is 4.63. The second kappa shape index (κ2) is 6.69. The third kappa shape index (κ3) is 4.48. The van der Waals surface area contributed by atoms with Crippen molar-refractivity contribution in [3.05, 3.63) is 12.2 Å². The van der Waals surface area contributed by atoms with E-state index in [2.05, 4.69) is 15.5 Å². The summed E-state index contributed by atoms with van der Waals surface area (Å²) in [5.74, 6) is 0.678. The van der Waals surface area contributed by atoms with Gasteiger partial charge in [0.25, 0.3) is 0 Å². The number of nitrogens with zero attached hydrogens (tertiary/aromatic N) is 4. The molecule has 0 aromatic carbocycles. The Morgan fingerprint density at radius 1 is 1.55 bits per heavy atom. The third-order valence-corrected chi connectivity index (χ3v) is 4.68. The van der Waals surface area contributed by atoms with Gasteiger partial charge in [-0.3, -0.25) is 0 Å². The monoisotopic (exact) mass is 303 g/mol. The van der Waals surface area contributed by atoms with Gasteiger partial charge in [0, 0.05) is 26.4 Å². The molecule has 0 spiro atoms. The summed E-state index contributed by atoms with van der Waals surface area (Å²) in [6.45, 7) is 3.54. The molecule has 0 aliphatic carbocycles. The summed E-state index contributed by atoms with van der Waals surface area (Å²) in [6.07, 6.45) is 1.55. The highest BCUT2D eigenvalue weighted by Crippen LogP contribution is 2.07. The summed E-state index contributed by atoms with van der Waals surface area (Å²) < 4.78 is 24.5. The van der Waals surface area contributed by atoms with Crippen LogP contribution in [0.2, 0.25) is 0 Å². The lowest BCUT2D eigenvalue weighted by Gasteiger charge is -2.20. The average Bonchev–Trinajstić information content (AvgIpc) is 2.82. The van der Waals surface area contributed by atoms with E-state index in [0.717, 1.165) is 0 Å². The van der Waals surface area contributed by atoms with Gasteiger partial charge in [-0.2, -0.15) is 0 Å². The second-order valence-corrected chi connectivity index (χ2v) is 7.10. The summed E-state index contributed by atoms with van der Waals surface area (Å²) in [5, 5.41) is 10.4. The summed E-state index contributed by atoms with van der Waals surface area (Å²) in [6, 6.07) is -0.646. The van der Waals surface area contributed by atoms with Crippen molar-refractivity contribution in [2.75, 3.05) is 25.1 Å². The van der Waals surface area contributed by atoms with E-state index in [1.54, 1.807) is 38.8 Å². The van der Waals surface area contributed by atoms with Gasteiger partial charge in [0.2, 0.25) is 0 Å². The number of hydrogen-bond acceptors (Lipinski definition) is 5. The van der Waals surface area contributed by atoms with Crippen LogP contribution in [0.15, 0.2) is 6.33 Å². The van der Waals surface area contributed by atoms with Crippen LogP contribution in [0.25, 0.3) is 0 Å². The first-order chi connectivity index (χ1) is 9.26. The van der Waals surface area contributed by atoms with E-state index >= 15 is 0 Å². The molecule has 0 saturated heterocycles. The molecule has 1 unspecified atom stereocenters. The number of nitrogens with one attached hydrogen (secondary N) is 1. The first-order valence-electron chi connectivity index (χ1n) is 6.32. The molecule has 8 nitrogen and oxygen atoms in total. The number of hydrogen-bond donors (Lipinski definition) is 1. The maximum atomic E-state index is 11.9. The Kier molecular flexibility index (Phi) is 5.49. The molecule has 0 saturated carbocycles. The number of carbonyl (C=O) groups excluding carboxylic acids is 1. The minimum Gasteiger partial charge on any atom is -0.328 e. The Morgan fingerprint density at radius 3 is 2.70 bits per heavy atom. The van der Waals surface area contributed by atoms with Crippen molar-refractivity contribution < 1.29 is 13.2 Å². The summed E-state index contributed by atoms with van der Waals surface area (Å²) in [5.41, 5.74) is 0. The number of carbonyl (C=O) groups is 1. The van der Waals surface area contributed by atoms with Gasteiger partial charge in [0.1, 0.15) is 6.33 Å². The SMILES string of the molecule is CCS(=O)(=O)CCN(C)C(=O)NC(C)c1nncn1C. The summed E-state index contributed by atoms with van der Waals surface area (Å²) >= 11 is 0. The Morgan fingerprint density at radius 2 is 2.20 bits per heavy atom. The molecule has 0 aliphatic rings. The van der Waals surface area contributed by atoms with E-state index < -0.39 is 9.84 Å². The zero-order chi connectivity index (χ0) is 15.3. The fraction of sp³-hybridized carbons (Fsp3) is 0.727. The van der Waals surface area contributed by atoms with Crippen LogP contribution in [0.1, 0.15) is 25.7 Å². The Labute approximate surface area is 119 Å². The number of sulfone groups is 1. The molecule has 9 heteroatoms. The Bertz CT molecular complexity index is 554. The van der Waals surface area contributed by atoms with E-state index in [4.69, 9.17) is 0 Å². The lowest BCUT2D eigenvalue weighted by atomic mass is 10.3. The molecule has 2 amide bonds. The number of urea groups is 1. The van der Waals surface area contributed by atoms with Gasteiger partial charge >= 0.3 is 6.03 Å². The fourth-order valence-corrected chi connectivity index (χ4v) is 2.41. The largest absolute Gasteiger partial charge is 0.328 e. The average molecular weight is 303 g/mol. The molecule has 114 valence electrons. The lowest BCUT2D eigenvalue weighted by Crippen LogP contribution is -2.41. The van der Waals surface area contributed by atoms with E-state index in [1.165, 1.54) is 4.90 Å². The number of aromatic nitrogens is 3. The first-order valence-corrected chi connectivity index (χ1v) is 8.15. The first kappa shape index (κ1) is 16.4. The maximum Gasteiger partial charge on any atom is 0.317 e. The number of amides is 2. The molecule has 0 aliphatic heterocycles. The van der Waals surface area contributed by atoms with E-state index in [9.17, 15) is 13.2 Å². The van der Waals surface area contributed by atoms with E-state index in [1.807, 2.05) is 0 Å². The van der Waals surface area contributed by atoms with Crippen LogP contribution in [-0.4, -0.2) is 59.2 Å². The molecule has 0 fully saturated rings. The molecule has 1 atom stereocenters. The molecule has 1 N–H and O–H groups in total. The quantitative estimate of drug-likeness (QED) is 0.795. The van der Waals surface area contributed by atoms with Crippen LogP contribution < -0.4 is 5.32 Å². The van der Waals surface area contributed by atoms with Gasteiger partial charge in [0.15, 0.2) is 15.7 Å². The van der Waals surface area contributed by atoms with Gasteiger partial charge in [-0.15, -0.1) is 10.2 Å². The van der Waals surface area contributed by atoms with Crippen molar-refractivity contribution in [1.29, 1.82) is 0 Å². The molecule has 20 heavy (non-hydrogen) atoms. The summed E-state index contributed by atoms with van der Waals surface area (Å²) in [7, 11) is 0.272. The van der Waals surface area contributed by atoms with Gasteiger partial charge < -0.3 is 14.8 Å². The van der Waals surface area contributed by atoms with Gasteiger partial charge in [-0.05, 0) is 6.92 Å². The zero-order valence-corrected chi connectivity index (χ0v) is 13.0. The highest BCUT2D eigenvalue weighted by atomic mass is 32.2. The maximum absolute atomic E-state index is 11.9. The van der Waals surface area contributed by atoms with E-state index in [0.29, 0.717) is 5.82 Å². The van der Waals surface area contributed by atoms with Crippen molar-refractivity contribution in [3.63, 3.8) is 0 Å². The Balaban J connectivity index is 2.52. The topological polar surface area (TPSA) is 97.2 Å². The zero-order valence-electron chi connectivity index (χ0n) is 12.2. The minimum absolute atomic E-state index is 0.0360. The van der Waals surface area contributed by atoms with Crippen molar-refractivity contribution in [3.8, 4) is 0 Å². The van der Waals surface area contributed by atoms with Crippen molar-refractivity contribution in [1.82, 2.24) is 25.0 Å². The third-order valence-electron chi connectivity index (χ3n) is 3.00. The van der Waals surface area contributed by atoms with E-state index in [-0.39, 0.29) is 30.1 Å². The molecular formula is C11H21N5O3S. The molecule has 0 radical (unpaired) electrons. The minimum atomic E-state index is -3.07. The number of aryl methyl sites for hydroxylation is 1. The predicted octanol–water partition coefficient (Wildman–Crippen LogP) is -0.0478. The van der Waals surface area contributed by atoms with Gasteiger partial charge in [-0.1, -0.05) is 6.92 Å². The molecule has 1 heterocycles. The molecule has 1 rings (SSSR count). The van der Waals surface area contributed by atoms with Crippen LogP contribution in [0.5, 0.6) is 0 Å². The van der Waals surface area contributed by atoms with Gasteiger partial charge in [0.05, 0.1) is 11.8 Å². The lowest BCUT2D eigenvalue weighted by molar-refractivity contribution is 0.207. The van der Waals surface area contributed by atoms with Gasteiger partial charge in [-0.25, -0.2) is 13.2 Å². The smallest absolute Gasteiger partial charge is 0.317 e. The van der Waals surface area contributed by atoms with Crippen molar-refractivity contribution >= 4 is 15.9 Å². The standard InChI is InChI=1S/C11H21N5O3S/c1-5-20(18,19)7-6-15(3)11(17)13-9(2)10-14-12-8-16(10)4/h8-9H,5-7H2,1-4H3,(H,13,17). The van der Waals surface area contributed by atoms with Crippen LogP contribution >= 0.6 is 0 Å². The summed E-state index contributed by atoms with van der Waals surface area (Å²) in [4.78, 5) is 13.3. The highest BCUT2D eigenvalue weighted by Gasteiger charge is 2.18. The van der Waals surface area contributed by atoms with Crippen molar-refractivity contribution in [2.24, 2.45) is 7.05 Å². The fourth-order valence-electron chi connectivity index (χ4n) is 1.57. The van der Waals surface area contributed by atoms with Crippen LogP contribution in [0, 0.1) is 0 Å². The van der Waals surface area contributed by atoms with Crippen molar-refractivity contribution in [2.45, 2.75) is 19.9 Å². The normalized spacial score (nSPS) is 13.0. The van der Waals surface area contributed by atoms with Crippen LogP contribution in [0.4, 0.5) is 4.79 Å².